The maximum atomic E-state index is 11.6. The molecule has 1 aromatic carbocycles. The molecule has 0 saturated heterocycles. The third-order valence-corrected chi connectivity index (χ3v) is 2.58. The molecule has 4 nitrogen and oxygen atoms in total. The second-order valence-corrected chi connectivity index (χ2v) is 4.11. The highest BCUT2D eigenvalue weighted by molar-refractivity contribution is 5.92. The van der Waals surface area contributed by atoms with E-state index in [-0.39, 0.29) is 11.8 Å². The summed E-state index contributed by atoms with van der Waals surface area (Å²) in [5, 5.41) is 2.80. The molecule has 98 valence electrons. The zero-order valence-corrected chi connectivity index (χ0v) is 11.0. The van der Waals surface area contributed by atoms with Crippen molar-refractivity contribution in [1.82, 2.24) is 5.32 Å². The van der Waals surface area contributed by atoms with Crippen LogP contribution in [-0.4, -0.2) is 24.9 Å². The molecule has 0 heterocycles. The van der Waals surface area contributed by atoms with E-state index in [9.17, 15) is 9.59 Å². The summed E-state index contributed by atoms with van der Waals surface area (Å²) in [7, 11) is 0. The van der Waals surface area contributed by atoms with Crippen LogP contribution in [0.15, 0.2) is 30.3 Å². The minimum atomic E-state index is -0.0514. The van der Waals surface area contributed by atoms with Crippen LogP contribution >= 0.6 is 0 Å². The number of nitrogens with one attached hydrogen (secondary N) is 1. The predicted molar refractivity (Wildman–Crippen MR) is 72.4 cm³/mol. The molecule has 0 spiro atoms. The van der Waals surface area contributed by atoms with E-state index in [0.29, 0.717) is 19.5 Å². The molecule has 0 fully saturated rings. The van der Waals surface area contributed by atoms with Gasteiger partial charge in [0.25, 0.3) is 0 Å². The van der Waals surface area contributed by atoms with Crippen molar-refractivity contribution in [3.63, 3.8) is 0 Å². The Morgan fingerprint density at radius 1 is 1.22 bits per heavy atom. The van der Waals surface area contributed by atoms with E-state index in [2.05, 4.69) is 5.32 Å². The number of para-hydroxylation sites is 1. The van der Waals surface area contributed by atoms with Gasteiger partial charge in [-0.2, -0.15) is 0 Å². The molecule has 0 aliphatic heterocycles. The lowest BCUT2D eigenvalue weighted by Gasteiger charge is -2.20. The van der Waals surface area contributed by atoms with Crippen molar-refractivity contribution in [2.24, 2.45) is 0 Å². The molecular formula is C14H20N2O2. The van der Waals surface area contributed by atoms with Crippen molar-refractivity contribution < 1.29 is 9.59 Å². The normalized spacial score (nSPS) is 9.89. The van der Waals surface area contributed by atoms with E-state index in [1.807, 2.05) is 37.3 Å². The van der Waals surface area contributed by atoms with Gasteiger partial charge in [-0.15, -0.1) is 0 Å². The second kappa shape index (κ2) is 7.48. The van der Waals surface area contributed by atoms with Gasteiger partial charge in [-0.05, 0) is 18.6 Å². The summed E-state index contributed by atoms with van der Waals surface area (Å²) in [5.74, 6) is -0.0662. The Labute approximate surface area is 108 Å². The molecule has 0 unspecified atom stereocenters. The average molecular weight is 248 g/mol. The van der Waals surface area contributed by atoms with Crippen LogP contribution in [0.4, 0.5) is 5.69 Å². The molecule has 4 heteroatoms. The molecule has 18 heavy (non-hydrogen) atoms. The summed E-state index contributed by atoms with van der Waals surface area (Å²) in [6, 6.07) is 9.39. The minimum Gasteiger partial charge on any atom is -0.356 e. The van der Waals surface area contributed by atoms with Gasteiger partial charge >= 0.3 is 0 Å². The maximum Gasteiger partial charge on any atom is 0.223 e. The molecule has 0 radical (unpaired) electrons. The Balaban J connectivity index is 2.55. The van der Waals surface area contributed by atoms with Crippen molar-refractivity contribution in [3.8, 4) is 0 Å². The number of carbonyl (C=O) groups excluding carboxylic acids is 2. The molecule has 0 aromatic heterocycles. The fourth-order valence-electron chi connectivity index (χ4n) is 1.64. The van der Waals surface area contributed by atoms with Gasteiger partial charge in [0, 0.05) is 32.1 Å². The molecule has 0 aliphatic rings. The standard InChI is InChI=1S/C14H20N2O2/c1-3-10-15-14(18)9-11-16(12(2)17)13-7-5-4-6-8-13/h4-8H,3,9-11H2,1-2H3,(H,15,18). The van der Waals surface area contributed by atoms with Crippen LogP contribution in [0, 0.1) is 0 Å². The van der Waals surface area contributed by atoms with Gasteiger partial charge in [-0.25, -0.2) is 0 Å². The van der Waals surface area contributed by atoms with E-state index in [1.54, 1.807) is 4.90 Å². The van der Waals surface area contributed by atoms with Gasteiger partial charge in [0.05, 0.1) is 0 Å². The van der Waals surface area contributed by atoms with Crippen molar-refractivity contribution in [3.05, 3.63) is 30.3 Å². The predicted octanol–water partition coefficient (Wildman–Crippen LogP) is 1.96. The highest BCUT2D eigenvalue weighted by Gasteiger charge is 2.12. The third kappa shape index (κ3) is 4.57. The lowest BCUT2D eigenvalue weighted by atomic mass is 10.2. The lowest BCUT2D eigenvalue weighted by Crippen LogP contribution is -2.34. The van der Waals surface area contributed by atoms with Crippen molar-refractivity contribution in [2.45, 2.75) is 26.7 Å². The van der Waals surface area contributed by atoms with Crippen molar-refractivity contribution >= 4 is 17.5 Å². The molecule has 0 saturated carbocycles. The number of nitrogens with zero attached hydrogens (tertiary/aromatic N) is 1. The van der Waals surface area contributed by atoms with Crippen molar-refractivity contribution in [1.29, 1.82) is 0 Å². The quantitative estimate of drug-likeness (QED) is 0.836. The van der Waals surface area contributed by atoms with Gasteiger partial charge in [0.15, 0.2) is 0 Å². The number of hydrogen-bond acceptors (Lipinski definition) is 2. The van der Waals surface area contributed by atoms with Crippen molar-refractivity contribution in [2.75, 3.05) is 18.0 Å². The molecule has 2 amide bonds. The first-order chi connectivity index (χ1) is 8.65. The van der Waals surface area contributed by atoms with E-state index in [1.165, 1.54) is 6.92 Å². The third-order valence-electron chi connectivity index (χ3n) is 2.58. The monoisotopic (exact) mass is 248 g/mol. The number of benzene rings is 1. The number of rotatable bonds is 6. The van der Waals surface area contributed by atoms with E-state index < -0.39 is 0 Å². The highest BCUT2D eigenvalue weighted by Crippen LogP contribution is 2.13. The summed E-state index contributed by atoms with van der Waals surface area (Å²) in [6.45, 7) is 4.61. The van der Waals surface area contributed by atoms with Crippen LogP contribution in [0.25, 0.3) is 0 Å². The summed E-state index contributed by atoms with van der Waals surface area (Å²) >= 11 is 0. The fraction of sp³-hybridized carbons (Fsp3) is 0.429. The summed E-state index contributed by atoms with van der Waals surface area (Å²) < 4.78 is 0. The smallest absolute Gasteiger partial charge is 0.223 e. The van der Waals surface area contributed by atoms with Crippen LogP contribution in [0.3, 0.4) is 0 Å². The Bertz CT molecular complexity index is 390. The molecule has 1 aromatic rings. The molecule has 1 rings (SSSR count). The molecule has 0 atom stereocenters. The first kappa shape index (κ1) is 14.2. The van der Waals surface area contributed by atoms with E-state index >= 15 is 0 Å². The maximum absolute atomic E-state index is 11.6. The summed E-state index contributed by atoms with van der Waals surface area (Å²) in [5.41, 5.74) is 0.827. The Morgan fingerprint density at radius 2 is 1.89 bits per heavy atom. The molecular weight excluding hydrogens is 228 g/mol. The van der Waals surface area contributed by atoms with Crippen LogP contribution in [-0.2, 0) is 9.59 Å². The molecule has 0 aliphatic carbocycles. The fourth-order valence-corrected chi connectivity index (χ4v) is 1.64. The van der Waals surface area contributed by atoms with E-state index in [4.69, 9.17) is 0 Å². The summed E-state index contributed by atoms with van der Waals surface area (Å²) in [6.07, 6.45) is 1.25. The van der Waals surface area contributed by atoms with Crippen LogP contribution < -0.4 is 10.2 Å². The van der Waals surface area contributed by atoms with Crippen LogP contribution in [0.5, 0.6) is 0 Å². The second-order valence-electron chi connectivity index (χ2n) is 4.11. The minimum absolute atomic E-state index is 0.0148. The highest BCUT2D eigenvalue weighted by atomic mass is 16.2. The Hall–Kier alpha value is -1.84. The van der Waals surface area contributed by atoms with Gasteiger partial charge < -0.3 is 10.2 Å². The molecule has 1 N–H and O–H groups in total. The topological polar surface area (TPSA) is 49.4 Å². The van der Waals surface area contributed by atoms with E-state index in [0.717, 1.165) is 12.1 Å². The van der Waals surface area contributed by atoms with Gasteiger partial charge in [-0.1, -0.05) is 25.1 Å². The first-order valence-corrected chi connectivity index (χ1v) is 6.25. The van der Waals surface area contributed by atoms with Crippen LogP contribution in [0.2, 0.25) is 0 Å². The van der Waals surface area contributed by atoms with Gasteiger partial charge in [0.2, 0.25) is 11.8 Å². The zero-order valence-electron chi connectivity index (χ0n) is 11.0. The average Bonchev–Trinajstić information content (AvgIpc) is 2.37. The SMILES string of the molecule is CCCNC(=O)CCN(C(C)=O)c1ccccc1. The molecule has 0 bridgehead atoms. The number of amides is 2. The largest absolute Gasteiger partial charge is 0.356 e. The number of carbonyl (C=O) groups is 2. The number of anilines is 1. The van der Waals surface area contributed by atoms with Gasteiger partial charge in [-0.3, -0.25) is 9.59 Å². The summed E-state index contributed by atoms with van der Waals surface area (Å²) in [4.78, 5) is 24.7. The Kier molecular flexibility index (Phi) is 5.91. The van der Waals surface area contributed by atoms with Crippen LogP contribution in [0.1, 0.15) is 26.7 Å². The number of hydrogen-bond donors (Lipinski definition) is 1. The zero-order chi connectivity index (χ0) is 13.4. The Morgan fingerprint density at radius 3 is 2.44 bits per heavy atom. The van der Waals surface area contributed by atoms with Gasteiger partial charge in [0.1, 0.15) is 0 Å². The first-order valence-electron chi connectivity index (χ1n) is 6.25. The lowest BCUT2D eigenvalue weighted by molar-refractivity contribution is -0.121.